The Bertz CT molecular complexity index is 723. The van der Waals surface area contributed by atoms with Gasteiger partial charge in [0, 0.05) is 12.7 Å². The molecule has 1 aliphatic rings. The van der Waals surface area contributed by atoms with E-state index in [1.807, 2.05) is 43.5 Å². The first-order chi connectivity index (χ1) is 11.7. The average Bonchev–Trinajstić information content (AvgIpc) is 2.65. The van der Waals surface area contributed by atoms with Crippen molar-refractivity contribution in [3.05, 3.63) is 48.2 Å². The van der Waals surface area contributed by atoms with E-state index in [0.717, 1.165) is 16.5 Å². The largest absolute Gasteiger partial charge is 0.486 e. The maximum absolute atomic E-state index is 12.9. The van der Waals surface area contributed by atoms with Gasteiger partial charge in [0.15, 0.2) is 17.6 Å². The molecule has 5 nitrogen and oxygen atoms in total. The lowest BCUT2D eigenvalue weighted by atomic mass is 10.2. The summed E-state index contributed by atoms with van der Waals surface area (Å²) in [6, 6.07) is 11.2. The summed E-state index contributed by atoms with van der Waals surface area (Å²) in [4.78, 5) is 18.9. The fourth-order valence-corrected chi connectivity index (χ4v) is 3.18. The zero-order valence-electron chi connectivity index (χ0n) is 13.8. The first-order valence-electron chi connectivity index (χ1n) is 7.89. The summed E-state index contributed by atoms with van der Waals surface area (Å²) >= 11 is 1.47. The Kier molecular flexibility index (Phi) is 5.25. The van der Waals surface area contributed by atoms with Crippen LogP contribution in [0.4, 0.5) is 0 Å². The molecular weight excluding hydrogens is 324 g/mol. The molecule has 0 aliphatic carbocycles. The number of fused-ring (bicyclic) bond motifs is 1. The van der Waals surface area contributed by atoms with Gasteiger partial charge in [-0.15, -0.1) is 11.8 Å². The van der Waals surface area contributed by atoms with Gasteiger partial charge in [0.05, 0.1) is 12.1 Å². The number of benzene rings is 1. The molecule has 126 valence electrons. The Balaban J connectivity index is 1.72. The van der Waals surface area contributed by atoms with Crippen LogP contribution in [0, 0.1) is 0 Å². The summed E-state index contributed by atoms with van der Waals surface area (Å²) in [5, 5.41) is 0.743. The normalized spacial score (nSPS) is 15.8. The molecule has 3 rings (SSSR count). The van der Waals surface area contributed by atoms with Gasteiger partial charge in [-0.05, 0) is 37.4 Å². The second-order valence-corrected chi connectivity index (χ2v) is 6.20. The zero-order chi connectivity index (χ0) is 16.9. The van der Waals surface area contributed by atoms with Crippen LogP contribution in [-0.2, 0) is 0 Å². The maximum Gasteiger partial charge on any atom is 0.256 e. The van der Waals surface area contributed by atoms with Crippen molar-refractivity contribution in [2.75, 3.05) is 26.0 Å². The van der Waals surface area contributed by atoms with Crippen molar-refractivity contribution in [1.29, 1.82) is 0 Å². The molecule has 0 fully saturated rings. The molecular formula is C18H20N2O3S. The predicted molar refractivity (Wildman–Crippen MR) is 93.9 cm³/mol. The van der Waals surface area contributed by atoms with Gasteiger partial charge in [0.1, 0.15) is 11.6 Å². The number of aromatic nitrogens is 1. The molecule has 1 aromatic heterocycles. The zero-order valence-corrected chi connectivity index (χ0v) is 14.6. The number of carbonyl (C=O) groups excluding carboxylic acids is 1. The first-order valence-corrected chi connectivity index (χ1v) is 9.12. The number of nitrogens with zero attached hydrogens (tertiary/aromatic N) is 2. The minimum absolute atomic E-state index is 0.0302. The van der Waals surface area contributed by atoms with Gasteiger partial charge in [-0.2, -0.15) is 0 Å². The third-order valence-corrected chi connectivity index (χ3v) is 4.57. The van der Waals surface area contributed by atoms with E-state index < -0.39 is 0 Å². The summed E-state index contributed by atoms with van der Waals surface area (Å²) in [5.74, 6) is 1.45. The molecule has 1 atom stereocenters. The standard InChI is InChI=1S/C18H20N2O3S/c1-3-20(18(21)14-7-6-10-19-17(14)24-2)11-13-12-22-15-8-4-5-9-16(15)23-13/h4-10,13H,3,11-12H2,1-2H3/t13-/m1/s1. The Labute approximate surface area is 146 Å². The van der Waals surface area contributed by atoms with Crippen LogP contribution in [0.5, 0.6) is 11.5 Å². The number of thioether (sulfide) groups is 1. The van der Waals surface area contributed by atoms with Crippen LogP contribution in [0.1, 0.15) is 17.3 Å². The molecule has 1 amide bonds. The van der Waals surface area contributed by atoms with E-state index in [2.05, 4.69) is 4.98 Å². The fraction of sp³-hybridized carbons (Fsp3) is 0.333. The topological polar surface area (TPSA) is 51.7 Å². The van der Waals surface area contributed by atoms with Gasteiger partial charge in [-0.1, -0.05) is 12.1 Å². The molecule has 1 aromatic carbocycles. The number of pyridine rings is 1. The lowest BCUT2D eigenvalue weighted by Gasteiger charge is -2.31. The smallest absolute Gasteiger partial charge is 0.256 e. The number of rotatable bonds is 5. The molecule has 0 spiro atoms. The highest BCUT2D eigenvalue weighted by Gasteiger charge is 2.26. The number of ether oxygens (including phenoxy) is 2. The molecule has 0 unspecified atom stereocenters. The van der Waals surface area contributed by atoms with Crippen LogP contribution in [0.3, 0.4) is 0 Å². The highest BCUT2D eigenvalue weighted by molar-refractivity contribution is 7.98. The molecule has 0 saturated carbocycles. The molecule has 2 aromatic rings. The summed E-state index contributed by atoms with van der Waals surface area (Å²) in [7, 11) is 0. The molecule has 24 heavy (non-hydrogen) atoms. The molecule has 0 radical (unpaired) electrons. The Morgan fingerprint density at radius 3 is 2.83 bits per heavy atom. The lowest BCUT2D eigenvalue weighted by molar-refractivity contribution is 0.0472. The van der Waals surface area contributed by atoms with E-state index in [1.54, 1.807) is 17.2 Å². The van der Waals surface area contributed by atoms with Gasteiger partial charge in [-0.25, -0.2) is 4.98 Å². The number of hydrogen-bond acceptors (Lipinski definition) is 5. The van der Waals surface area contributed by atoms with Gasteiger partial charge in [-0.3, -0.25) is 4.79 Å². The quantitative estimate of drug-likeness (QED) is 0.780. The third kappa shape index (κ3) is 3.48. The van der Waals surface area contributed by atoms with Crippen LogP contribution < -0.4 is 9.47 Å². The summed E-state index contributed by atoms with van der Waals surface area (Å²) in [5.41, 5.74) is 0.629. The minimum Gasteiger partial charge on any atom is -0.486 e. The number of para-hydroxylation sites is 2. The summed E-state index contributed by atoms with van der Waals surface area (Å²) in [6.45, 7) is 3.48. The molecule has 6 heteroatoms. The van der Waals surface area contributed by atoms with E-state index in [-0.39, 0.29) is 12.0 Å². The van der Waals surface area contributed by atoms with Gasteiger partial charge >= 0.3 is 0 Å². The second-order valence-electron chi connectivity index (χ2n) is 5.40. The predicted octanol–water partition coefficient (Wildman–Crippen LogP) is 3.11. The van der Waals surface area contributed by atoms with Crippen molar-refractivity contribution in [1.82, 2.24) is 9.88 Å². The van der Waals surface area contributed by atoms with Crippen molar-refractivity contribution in [2.45, 2.75) is 18.1 Å². The van der Waals surface area contributed by atoms with E-state index in [0.29, 0.717) is 25.3 Å². The number of likely N-dealkylation sites (N-methyl/N-ethyl adjacent to an activating group) is 1. The SMILES string of the molecule is CCN(C[C@@H]1COc2ccccc2O1)C(=O)c1cccnc1SC. The number of hydrogen-bond donors (Lipinski definition) is 0. The maximum atomic E-state index is 12.9. The highest BCUT2D eigenvalue weighted by atomic mass is 32.2. The van der Waals surface area contributed by atoms with Crippen molar-refractivity contribution >= 4 is 17.7 Å². The van der Waals surface area contributed by atoms with Crippen LogP contribution in [0.15, 0.2) is 47.6 Å². The van der Waals surface area contributed by atoms with Crippen molar-refractivity contribution in [3.63, 3.8) is 0 Å². The Morgan fingerprint density at radius 1 is 1.29 bits per heavy atom. The van der Waals surface area contributed by atoms with E-state index in [4.69, 9.17) is 9.47 Å². The van der Waals surface area contributed by atoms with Gasteiger partial charge < -0.3 is 14.4 Å². The molecule has 1 aliphatic heterocycles. The third-order valence-electron chi connectivity index (χ3n) is 3.86. The Hall–Kier alpha value is -2.21. The van der Waals surface area contributed by atoms with Crippen molar-refractivity contribution in [2.24, 2.45) is 0 Å². The van der Waals surface area contributed by atoms with E-state index in [9.17, 15) is 4.79 Å². The molecule has 0 bridgehead atoms. The molecule has 0 N–H and O–H groups in total. The average molecular weight is 344 g/mol. The van der Waals surface area contributed by atoms with E-state index >= 15 is 0 Å². The molecule has 2 heterocycles. The van der Waals surface area contributed by atoms with E-state index in [1.165, 1.54) is 11.8 Å². The van der Waals surface area contributed by atoms with Crippen LogP contribution in [-0.4, -0.2) is 47.8 Å². The van der Waals surface area contributed by atoms with Gasteiger partial charge in [0.25, 0.3) is 5.91 Å². The fourth-order valence-electron chi connectivity index (χ4n) is 2.64. The van der Waals surface area contributed by atoms with Crippen molar-refractivity contribution < 1.29 is 14.3 Å². The summed E-state index contributed by atoms with van der Waals surface area (Å²) < 4.78 is 11.7. The molecule has 0 saturated heterocycles. The highest BCUT2D eigenvalue weighted by Crippen LogP contribution is 2.31. The number of carbonyl (C=O) groups is 1. The first kappa shape index (κ1) is 16.6. The lowest BCUT2D eigenvalue weighted by Crippen LogP contribution is -2.43. The number of amides is 1. The summed E-state index contributed by atoms with van der Waals surface area (Å²) in [6.07, 6.45) is 3.44. The van der Waals surface area contributed by atoms with Crippen LogP contribution in [0.2, 0.25) is 0 Å². The monoisotopic (exact) mass is 344 g/mol. The van der Waals surface area contributed by atoms with Crippen LogP contribution in [0.25, 0.3) is 0 Å². The van der Waals surface area contributed by atoms with Crippen LogP contribution >= 0.6 is 11.8 Å². The minimum atomic E-state index is -0.182. The second kappa shape index (κ2) is 7.57. The van der Waals surface area contributed by atoms with Gasteiger partial charge in [0.2, 0.25) is 0 Å². The Morgan fingerprint density at radius 2 is 2.08 bits per heavy atom. The van der Waals surface area contributed by atoms with Crippen molar-refractivity contribution in [3.8, 4) is 11.5 Å².